The molecule has 0 spiro atoms. The van der Waals surface area contributed by atoms with Crippen LogP contribution in [-0.2, 0) is 6.54 Å². The lowest BCUT2D eigenvalue weighted by molar-refractivity contribution is 0.218. The smallest absolute Gasteiger partial charge is 0.321 e. The number of anilines is 1. The lowest BCUT2D eigenvalue weighted by Crippen LogP contribution is -2.35. The van der Waals surface area contributed by atoms with Crippen LogP contribution >= 0.6 is 0 Å². The van der Waals surface area contributed by atoms with Gasteiger partial charge in [-0.05, 0) is 30.7 Å². The summed E-state index contributed by atoms with van der Waals surface area (Å²) < 4.78 is 9.27. The van der Waals surface area contributed by atoms with Gasteiger partial charge in [0.15, 0.2) is 5.65 Å². The van der Waals surface area contributed by atoms with E-state index in [2.05, 4.69) is 20.4 Å². The van der Waals surface area contributed by atoms with E-state index < -0.39 is 0 Å². The number of methoxy groups -OCH3 is 1. The molecule has 1 N–H and O–H groups in total. The van der Waals surface area contributed by atoms with Gasteiger partial charge in [0.05, 0.1) is 41.5 Å². The summed E-state index contributed by atoms with van der Waals surface area (Å²) in [5.74, 6) is 0.610. The highest BCUT2D eigenvalue weighted by Gasteiger charge is 2.23. The molecule has 10 nitrogen and oxygen atoms in total. The molecule has 2 amide bonds. The minimum atomic E-state index is -0.143. The largest absolute Gasteiger partial charge is 0.494 e. The first-order valence-corrected chi connectivity index (χ1v) is 10.4. The van der Waals surface area contributed by atoms with Gasteiger partial charge in [-0.1, -0.05) is 0 Å². The standard InChI is InChI=1S/C23H20N8O2/c1-13-15-10-25-18(16-11-26-30-6-4-5-24-22(16)30)8-19(15)31(28-13)20-7-14-12-29(2)23(32)27-17(14)9-21(20)33-3/h4-11H,12H2,1-3H3,(H,27,32). The maximum absolute atomic E-state index is 12.1. The summed E-state index contributed by atoms with van der Waals surface area (Å²) >= 11 is 0. The SMILES string of the molecule is COc1cc2c(cc1-n1nc(C)c3cnc(-c4cnn5cccnc45)cc31)CN(C)C(=O)N2. The molecule has 5 aromatic rings. The molecule has 1 aliphatic rings. The summed E-state index contributed by atoms with van der Waals surface area (Å²) in [7, 11) is 3.37. The van der Waals surface area contributed by atoms with E-state index in [1.54, 1.807) is 36.0 Å². The van der Waals surface area contributed by atoms with Crippen molar-refractivity contribution < 1.29 is 9.53 Å². The number of carbonyl (C=O) groups is 1. The fraction of sp³-hybridized carbons (Fsp3) is 0.174. The van der Waals surface area contributed by atoms with Gasteiger partial charge in [0, 0.05) is 43.6 Å². The number of nitrogens with one attached hydrogen (secondary N) is 1. The van der Waals surface area contributed by atoms with Gasteiger partial charge in [-0.25, -0.2) is 19.0 Å². The minimum Gasteiger partial charge on any atom is -0.494 e. The topological polar surface area (TPSA) is 102 Å². The van der Waals surface area contributed by atoms with Crippen LogP contribution in [0.1, 0.15) is 11.3 Å². The van der Waals surface area contributed by atoms with Crippen molar-refractivity contribution in [1.82, 2.24) is 34.3 Å². The number of aryl methyl sites for hydroxylation is 1. The number of rotatable bonds is 3. The zero-order valence-electron chi connectivity index (χ0n) is 18.3. The molecular formula is C23H20N8O2. The summed E-state index contributed by atoms with van der Waals surface area (Å²) in [6.07, 6.45) is 7.19. The monoisotopic (exact) mass is 440 g/mol. The third-order valence-electron chi connectivity index (χ3n) is 5.93. The predicted molar refractivity (Wildman–Crippen MR) is 123 cm³/mol. The molecule has 1 aliphatic heterocycles. The Hall–Kier alpha value is -4.47. The Bertz CT molecular complexity index is 1570. The fourth-order valence-corrected chi connectivity index (χ4v) is 4.22. The lowest BCUT2D eigenvalue weighted by Gasteiger charge is -2.27. The molecule has 0 saturated heterocycles. The number of urea groups is 1. The second kappa shape index (κ2) is 7.02. The molecule has 0 fully saturated rings. The van der Waals surface area contributed by atoms with Crippen LogP contribution in [0.3, 0.4) is 0 Å². The first-order chi connectivity index (χ1) is 16.0. The van der Waals surface area contributed by atoms with Crippen molar-refractivity contribution in [2.75, 3.05) is 19.5 Å². The summed E-state index contributed by atoms with van der Waals surface area (Å²) in [5.41, 5.74) is 6.57. The molecule has 164 valence electrons. The van der Waals surface area contributed by atoms with E-state index in [4.69, 9.17) is 9.84 Å². The van der Waals surface area contributed by atoms with Crippen molar-refractivity contribution in [3.05, 3.63) is 60.3 Å². The van der Waals surface area contributed by atoms with Crippen LogP contribution in [0.2, 0.25) is 0 Å². The maximum Gasteiger partial charge on any atom is 0.321 e. The molecular weight excluding hydrogens is 420 g/mol. The Morgan fingerprint density at radius 2 is 2.03 bits per heavy atom. The number of amides is 2. The van der Waals surface area contributed by atoms with Gasteiger partial charge in [0.25, 0.3) is 0 Å². The van der Waals surface area contributed by atoms with Crippen LogP contribution in [0.25, 0.3) is 33.5 Å². The Morgan fingerprint density at radius 3 is 2.88 bits per heavy atom. The molecule has 0 atom stereocenters. The number of hydrogen-bond acceptors (Lipinski definition) is 6. The molecule has 10 heteroatoms. The van der Waals surface area contributed by atoms with E-state index in [1.165, 1.54) is 0 Å². The van der Waals surface area contributed by atoms with Crippen LogP contribution < -0.4 is 10.1 Å². The average Bonchev–Trinajstić information content (AvgIpc) is 3.40. The second-order valence-corrected chi connectivity index (χ2v) is 8.00. The second-order valence-electron chi connectivity index (χ2n) is 8.00. The maximum atomic E-state index is 12.1. The quantitative estimate of drug-likeness (QED) is 0.461. The van der Waals surface area contributed by atoms with E-state index in [1.807, 2.05) is 48.3 Å². The van der Waals surface area contributed by atoms with Crippen LogP contribution in [0.5, 0.6) is 5.75 Å². The molecule has 0 radical (unpaired) electrons. The van der Waals surface area contributed by atoms with Gasteiger partial charge >= 0.3 is 6.03 Å². The van der Waals surface area contributed by atoms with Gasteiger partial charge in [-0.3, -0.25) is 4.98 Å². The lowest BCUT2D eigenvalue weighted by atomic mass is 10.1. The molecule has 0 saturated carbocycles. The van der Waals surface area contributed by atoms with Crippen molar-refractivity contribution in [2.45, 2.75) is 13.5 Å². The van der Waals surface area contributed by atoms with Gasteiger partial charge in [-0.15, -0.1) is 0 Å². The third-order valence-corrected chi connectivity index (χ3v) is 5.93. The zero-order valence-corrected chi connectivity index (χ0v) is 18.3. The number of carbonyl (C=O) groups excluding carboxylic acids is 1. The molecule has 5 heterocycles. The van der Waals surface area contributed by atoms with Crippen LogP contribution in [0.15, 0.2) is 49.1 Å². The van der Waals surface area contributed by atoms with Crippen molar-refractivity contribution in [2.24, 2.45) is 0 Å². The molecule has 6 rings (SSSR count). The number of nitrogens with zero attached hydrogens (tertiary/aromatic N) is 7. The van der Waals surface area contributed by atoms with E-state index in [0.717, 1.165) is 50.4 Å². The number of aromatic nitrogens is 6. The number of hydrogen-bond donors (Lipinski definition) is 1. The molecule has 0 unspecified atom stereocenters. The molecule has 1 aromatic carbocycles. The number of benzene rings is 1. The summed E-state index contributed by atoms with van der Waals surface area (Å²) in [4.78, 5) is 22.8. The normalized spacial score (nSPS) is 13.4. The van der Waals surface area contributed by atoms with Gasteiger partial charge in [0.1, 0.15) is 11.4 Å². The Balaban J connectivity index is 1.55. The van der Waals surface area contributed by atoms with Crippen LogP contribution in [0.4, 0.5) is 10.5 Å². The van der Waals surface area contributed by atoms with E-state index in [0.29, 0.717) is 12.3 Å². The fourth-order valence-electron chi connectivity index (χ4n) is 4.22. The third kappa shape index (κ3) is 2.91. The highest BCUT2D eigenvalue weighted by molar-refractivity contribution is 5.93. The first-order valence-electron chi connectivity index (χ1n) is 10.4. The van der Waals surface area contributed by atoms with Crippen molar-refractivity contribution >= 4 is 28.3 Å². The first kappa shape index (κ1) is 19.2. The molecule has 33 heavy (non-hydrogen) atoms. The van der Waals surface area contributed by atoms with Crippen molar-refractivity contribution in [3.63, 3.8) is 0 Å². The number of pyridine rings is 1. The average molecular weight is 440 g/mol. The zero-order chi connectivity index (χ0) is 22.7. The van der Waals surface area contributed by atoms with E-state index >= 15 is 0 Å². The summed E-state index contributed by atoms with van der Waals surface area (Å²) in [6.45, 7) is 2.45. The highest BCUT2D eigenvalue weighted by Crippen LogP contribution is 2.35. The molecule has 4 aromatic heterocycles. The van der Waals surface area contributed by atoms with Gasteiger partial charge in [0.2, 0.25) is 0 Å². The summed E-state index contributed by atoms with van der Waals surface area (Å²) in [5, 5.41) is 13.0. The molecule has 0 aliphatic carbocycles. The number of fused-ring (bicyclic) bond motifs is 3. The number of ether oxygens (including phenoxy) is 1. The summed E-state index contributed by atoms with van der Waals surface area (Å²) in [6, 6.07) is 7.53. The van der Waals surface area contributed by atoms with Crippen LogP contribution in [-0.4, -0.2) is 54.5 Å². The highest BCUT2D eigenvalue weighted by atomic mass is 16.5. The minimum absolute atomic E-state index is 0.143. The van der Waals surface area contributed by atoms with Gasteiger partial charge in [-0.2, -0.15) is 10.2 Å². The van der Waals surface area contributed by atoms with E-state index in [9.17, 15) is 4.79 Å². The van der Waals surface area contributed by atoms with E-state index in [-0.39, 0.29) is 6.03 Å². The Kier molecular flexibility index (Phi) is 4.09. The Labute approximate surface area is 188 Å². The Morgan fingerprint density at radius 1 is 1.15 bits per heavy atom. The van der Waals surface area contributed by atoms with Crippen LogP contribution in [0, 0.1) is 6.92 Å². The predicted octanol–water partition coefficient (Wildman–Crippen LogP) is 3.42. The van der Waals surface area contributed by atoms with Crippen molar-refractivity contribution in [3.8, 4) is 22.7 Å². The molecule has 0 bridgehead atoms. The van der Waals surface area contributed by atoms with Gasteiger partial charge < -0.3 is 15.0 Å². The van der Waals surface area contributed by atoms with Crippen molar-refractivity contribution in [1.29, 1.82) is 0 Å².